The van der Waals surface area contributed by atoms with Crippen molar-refractivity contribution < 1.29 is 13.2 Å². The molecule has 0 unspecified atom stereocenters. The molecule has 0 N–H and O–H groups in total. The van der Waals surface area contributed by atoms with E-state index in [-0.39, 0.29) is 16.4 Å². The Bertz CT molecular complexity index is 460. The van der Waals surface area contributed by atoms with Crippen molar-refractivity contribution in [2.24, 2.45) is 0 Å². The molecule has 2 rings (SSSR count). The summed E-state index contributed by atoms with van der Waals surface area (Å²) in [6.45, 7) is 0. The van der Waals surface area contributed by atoms with Gasteiger partial charge in [-0.05, 0) is 11.4 Å². The fourth-order valence-electron chi connectivity index (χ4n) is 1.20. The van der Waals surface area contributed by atoms with Crippen LogP contribution >= 0.6 is 33.9 Å². The van der Waals surface area contributed by atoms with Gasteiger partial charge in [-0.1, -0.05) is 22.6 Å². The summed E-state index contributed by atoms with van der Waals surface area (Å²) in [5.41, 5.74) is 0.373. The molecule has 70 valence electrons. The first-order chi connectivity index (χ1) is 6.03. The highest BCUT2D eigenvalue weighted by molar-refractivity contribution is 14.1. The number of carbonyl (C=O) groups excluding carboxylic acids is 1. The molecule has 1 aromatic rings. The minimum absolute atomic E-state index is 0.0644. The van der Waals surface area contributed by atoms with Gasteiger partial charge in [0.25, 0.3) is 0 Å². The number of carbonyl (C=O) groups is 1. The summed E-state index contributed by atoms with van der Waals surface area (Å²) in [4.78, 5) is 11.4. The number of thiophene rings is 1. The van der Waals surface area contributed by atoms with Crippen molar-refractivity contribution in [3.63, 3.8) is 0 Å². The normalized spacial score (nSPS) is 25.6. The molecule has 0 fully saturated rings. The Labute approximate surface area is 93.2 Å². The highest BCUT2D eigenvalue weighted by Crippen LogP contribution is 2.36. The van der Waals surface area contributed by atoms with Crippen LogP contribution in [-0.2, 0) is 9.84 Å². The Morgan fingerprint density at radius 2 is 2.23 bits per heavy atom. The molecule has 0 aromatic carbocycles. The van der Waals surface area contributed by atoms with Crippen LogP contribution in [0.15, 0.2) is 15.7 Å². The fourth-order valence-corrected chi connectivity index (χ4v) is 5.66. The largest absolute Gasteiger partial charge is 0.294 e. The molecule has 13 heavy (non-hydrogen) atoms. The molecule has 0 saturated carbocycles. The van der Waals surface area contributed by atoms with Gasteiger partial charge in [0.2, 0.25) is 9.84 Å². The summed E-state index contributed by atoms with van der Waals surface area (Å²) in [7, 11) is -3.23. The monoisotopic (exact) mass is 328 g/mol. The van der Waals surface area contributed by atoms with Gasteiger partial charge < -0.3 is 0 Å². The van der Waals surface area contributed by atoms with Crippen LogP contribution in [0.3, 0.4) is 0 Å². The molecule has 0 spiro atoms. The van der Waals surface area contributed by atoms with Gasteiger partial charge in [0.1, 0.15) is 7.47 Å². The van der Waals surface area contributed by atoms with Gasteiger partial charge in [-0.3, -0.25) is 4.79 Å². The molecule has 1 aliphatic rings. The van der Waals surface area contributed by atoms with E-state index in [0.717, 1.165) is 11.3 Å². The summed E-state index contributed by atoms with van der Waals surface area (Å²) < 4.78 is 23.0. The van der Waals surface area contributed by atoms with Crippen molar-refractivity contribution in [2.45, 2.75) is 13.9 Å². The Kier molecular flexibility index (Phi) is 2.23. The van der Waals surface area contributed by atoms with Gasteiger partial charge in [0.15, 0.2) is 5.78 Å². The van der Waals surface area contributed by atoms with Crippen LogP contribution in [0.5, 0.6) is 0 Å². The highest BCUT2D eigenvalue weighted by atomic mass is 127. The standard InChI is InChI=1S/C7H5IO3S2/c8-6-3-5(9)4-1-2-12-7(4)13(6,10)11/h1-2,6H,3H2/t6-/m1/s1. The summed E-state index contributed by atoms with van der Waals surface area (Å²) >= 11 is 2.93. The molecule has 1 atom stereocenters. The van der Waals surface area contributed by atoms with E-state index in [0.29, 0.717) is 5.56 Å². The molecule has 0 aliphatic carbocycles. The molecule has 1 aliphatic heterocycles. The van der Waals surface area contributed by atoms with Crippen LogP contribution < -0.4 is 0 Å². The Morgan fingerprint density at radius 1 is 1.54 bits per heavy atom. The Balaban J connectivity index is 2.73. The van der Waals surface area contributed by atoms with Crippen molar-refractivity contribution in [3.05, 3.63) is 17.0 Å². The second-order valence-electron chi connectivity index (χ2n) is 2.70. The number of halogens is 1. The van der Waals surface area contributed by atoms with Gasteiger partial charge in [-0.25, -0.2) is 8.42 Å². The van der Waals surface area contributed by atoms with Gasteiger partial charge >= 0.3 is 0 Å². The number of hydrogen-bond acceptors (Lipinski definition) is 4. The average molecular weight is 328 g/mol. The Hall–Kier alpha value is 0.0500. The lowest BCUT2D eigenvalue weighted by Crippen LogP contribution is -2.25. The van der Waals surface area contributed by atoms with E-state index in [9.17, 15) is 13.2 Å². The second-order valence-corrected chi connectivity index (χ2v) is 8.29. The van der Waals surface area contributed by atoms with Crippen molar-refractivity contribution >= 4 is 49.5 Å². The third-order valence-corrected chi connectivity index (χ3v) is 7.59. The van der Waals surface area contributed by atoms with Gasteiger partial charge in [0.05, 0.1) is 0 Å². The van der Waals surface area contributed by atoms with E-state index in [1.807, 2.05) is 0 Å². The number of hydrogen-bond donors (Lipinski definition) is 0. The minimum Gasteiger partial charge on any atom is -0.294 e. The fraction of sp³-hybridized carbons (Fsp3) is 0.286. The Morgan fingerprint density at radius 3 is 2.92 bits per heavy atom. The summed E-state index contributed by atoms with van der Waals surface area (Å²) in [5.74, 6) is -0.0644. The zero-order valence-electron chi connectivity index (χ0n) is 6.36. The van der Waals surface area contributed by atoms with Crippen LogP contribution in [0.2, 0.25) is 0 Å². The minimum atomic E-state index is -3.23. The maximum Gasteiger partial charge on any atom is 0.200 e. The topological polar surface area (TPSA) is 51.2 Å². The summed E-state index contributed by atoms with van der Waals surface area (Å²) in [6, 6.07) is 1.59. The van der Waals surface area contributed by atoms with E-state index in [1.165, 1.54) is 0 Å². The molecule has 6 heteroatoms. The van der Waals surface area contributed by atoms with E-state index < -0.39 is 13.1 Å². The SMILES string of the molecule is O=C1C[C@H](I)S(=O)(=O)c2sccc21. The summed E-state index contributed by atoms with van der Waals surface area (Å²) in [6.07, 6.45) is 0.104. The maximum atomic E-state index is 11.7. The van der Waals surface area contributed by atoms with E-state index >= 15 is 0 Å². The molecule has 0 saturated heterocycles. The quantitative estimate of drug-likeness (QED) is 0.540. The number of fused-ring (bicyclic) bond motifs is 1. The molecule has 1 aromatic heterocycles. The number of rotatable bonds is 0. The van der Waals surface area contributed by atoms with Crippen LogP contribution in [0.4, 0.5) is 0 Å². The van der Waals surface area contributed by atoms with Crippen molar-refractivity contribution in [2.75, 3.05) is 0 Å². The zero-order valence-corrected chi connectivity index (χ0v) is 10.1. The lowest BCUT2D eigenvalue weighted by Gasteiger charge is -2.15. The third-order valence-electron chi connectivity index (χ3n) is 1.87. The van der Waals surface area contributed by atoms with Crippen molar-refractivity contribution in [3.8, 4) is 0 Å². The van der Waals surface area contributed by atoms with Gasteiger partial charge in [-0.15, -0.1) is 11.3 Å². The molecular formula is C7H5IO3S2. The maximum absolute atomic E-state index is 11.7. The predicted molar refractivity (Wildman–Crippen MR) is 58.3 cm³/mol. The van der Waals surface area contributed by atoms with Crippen LogP contribution in [0.1, 0.15) is 16.8 Å². The highest BCUT2D eigenvalue weighted by Gasteiger charge is 2.37. The molecular weight excluding hydrogens is 323 g/mol. The van der Waals surface area contributed by atoms with Crippen LogP contribution in [0, 0.1) is 0 Å². The van der Waals surface area contributed by atoms with Crippen LogP contribution in [0.25, 0.3) is 0 Å². The van der Waals surface area contributed by atoms with E-state index in [4.69, 9.17) is 0 Å². The number of Topliss-reactive ketones (excluding diaryl/α,β-unsaturated/α-hetero) is 1. The summed E-state index contributed by atoms with van der Waals surface area (Å²) in [5, 5.41) is 1.65. The first kappa shape index (κ1) is 9.60. The van der Waals surface area contributed by atoms with Crippen molar-refractivity contribution in [1.82, 2.24) is 0 Å². The average Bonchev–Trinajstić information content (AvgIpc) is 2.49. The third kappa shape index (κ3) is 1.35. The molecule has 2 heterocycles. The zero-order chi connectivity index (χ0) is 9.64. The lowest BCUT2D eigenvalue weighted by atomic mass is 10.2. The number of sulfone groups is 1. The van der Waals surface area contributed by atoms with Crippen molar-refractivity contribution in [1.29, 1.82) is 0 Å². The number of alkyl halides is 1. The van der Waals surface area contributed by atoms with Gasteiger partial charge in [-0.2, -0.15) is 0 Å². The van der Waals surface area contributed by atoms with Crippen LogP contribution in [-0.4, -0.2) is 17.5 Å². The predicted octanol–water partition coefficient (Wildman–Crippen LogP) is 1.87. The van der Waals surface area contributed by atoms with Gasteiger partial charge in [0, 0.05) is 12.0 Å². The van der Waals surface area contributed by atoms with E-state index in [2.05, 4.69) is 0 Å². The first-order valence-electron chi connectivity index (χ1n) is 3.52. The molecule has 3 nitrogen and oxygen atoms in total. The smallest absolute Gasteiger partial charge is 0.200 e. The van der Waals surface area contributed by atoms with E-state index in [1.54, 1.807) is 34.0 Å². The number of ketones is 1. The second kappa shape index (κ2) is 3.03. The molecule has 0 amide bonds. The molecule has 0 bridgehead atoms. The first-order valence-corrected chi connectivity index (χ1v) is 7.19. The molecule has 0 radical (unpaired) electrons. The lowest BCUT2D eigenvalue weighted by molar-refractivity contribution is 0.0982.